The number of rotatable bonds is 7. The van der Waals surface area contributed by atoms with Crippen molar-refractivity contribution in [3.63, 3.8) is 0 Å². The highest BCUT2D eigenvalue weighted by atomic mass is 15.1. The van der Waals surface area contributed by atoms with Gasteiger partial charge < -0.3 is 9.47 Å². The third kappa shape index (κ3) is 5.96. The second-order valence-corrected chi connectivity index (χ2v) is 16.1. The molecule has 2 nitrogen and oxygen atoms in total. The van der Waals surface area contributed by atoms with E-state index in [4.69, 9.17) is 0 Å². The Kier molecular flexibility index (Phi) is 8.53. The van der Waals surface area contributed by atoms with E-state index < -0.39 is 0 Å². The molecule has 12 aromatic rings. The van der Waals surface area contributed by atoms with Gasteiger partial charge in [0.15, 0.2) is 0 Å². The van der Waals surface area contributed by atoms with Gasteiger partial charge in [-0.15, -0.1) is 0 Å². The number of nitrogens with zero attached hydrogens (tertiary/aromatic N) is 2. The van der Waals surface area contributed by atoms with Crippen LogP contribution >= 0.6 is 0 Å². The Hall–Kier alpha value is -8.20. The van der Waals surface area contributed by atoms with E-state index in [1.54, 1.807) is 0 Å². The fourth-order valence-corrected chi connectivity index (χ4v) is 9.72. The average Bonchev–Trinajstić information content (AvgIpc) is 3.68. The number of para-hydroxylation sites is 2. The molecule has 12 rings (SSSR count). The lowest BCUT2D eigenvalue weighted by atomic mass is 9.85. The van der Waals surface area contributed by atoms with Crippen LogP contribution in [-0.4, -0.2) is 4.57 Å². The monoisotopic (exact) mass is 788 g/mol. The van der Waals surface area contributed by atoms with Gasteiger partial charge in [0.2, 0.25) is 0 Å². The van der Waals surface area contributed by atoms with E-state index in [9.17, 15) is 0 Å². The quantitative estimate of drug-likeness (QED) is 0.146. The highest BCUT2D eigenvalue weighted by Crippen LogP contribution is 2.47. The maximum Gasteiger partial charge on any atom is 0.0541 e. The molecule has 2 heteroatoms. The smallest absolute Gasteiger partial charge is 0.0541 e. The molecule has 0 radical (unpaired) electrons. The van der Waals surface area contributed by atoms with Crippen molar-refractivity contribution in [2.45, 2.75) is 0 Å². The van der Waals surface area contributed by atoms with Crippen LogP contribution in [0, 0.1) is 0 Å². The summed E-state index contributed by atoms with van der Waals surface area (Å²) in [6.07, 6.45) is 0. The van der Waals surface area contributed by atoms with Gasteiger partial charge in [-0.25, -0.2) is 0 Å². The van der Waals surface area contributed by atoms with E-state index >= 15 is 0 Å². The number of anilines is 3. The molecule has 0 fully saturated rings. The van der Waals surface area contributed by atoms with Gasteiger partial charge in [0.25, 0.3) is 0 Å². The molecular formula is C60H40N2. The zero-order valence-electron chi connectivity index (χ0n) is 34.0. The third-order valence-electron chi connectivity index (χ3n) is 12.5. The van der Waals surface area contributed by atoms with Gasteiger partial charge in [-0.3, -0.25) is 0 Å². The van der Waals surface area contributed by atoms with Gasteiger partial charge in [-0.1, -0.05) is 176 Å². The Morgan fingerprint density at radius 3 is 1.56 bits per heavy atom. The number of aromatic nitrogens is 1. The largest absolute Gasteiger partial charge is 0.310 e. The summed E-state index contributed by atoms with van der Waals surface area (Å²) >= 11 is 0. The fraction of sp³-hybridized carbons (Fsp3) is 0. The fourth-order valence-electron chi connectivity index (χ4n) is 9.72. The van der Waals surface area contributed by atoms with Gasteiger partial charge >= 0.3 is 0 Å². The van der Waals surface area contributed by atoms with Crippen LogP contribution < -0.4 is 4.90 Å². The lowest BCUT2D eigenvalue weighted by molar-refractivity contribution is 1.18. The highest BCUT2D eigenvalue weighted by molar-refractivity contribution is 6.22. The Labute approximate surface area is 360 Å². The molecule has 0 unspecified atom stereocenters. The van der Waals surface area contributed by atoms with Crippen molar-refractivity contribution in [2.75, 3.05) is 4.90 Å². The van der Waals surface area contributed by atoms with Gasteiger partial charge in [0.1, 0.15) is 0 Å². The van der Waals surface area contributed by atoms with E-state index in [1.807, 2.05) is 0 Å². The molecule has 0 bridgehead atoms. The molecule has 62 heavy (non-hydrogen) atoms. The first-order chi connectivity index (χ1) is 30.8. The Balaban J connectivity index is 1.09. The summed E-state index contributed by atoms with van der Waals surface area (Å²) in [5.41, 5.74) is 14.1. The van der Waals surface area contributed by atoms with Gasteiger partial charge in [-0.05, 0) is 132 Å². The zero-order chi connectivity index (χ0) is 41.0. The van der Waals surface area contributed by atoms with Crippen LogP contribution in [0.5, 0.6) is 0 Å². The van der Waals surface area contributed by atoms with Crippen LogP contribution in [0.3, 0.4) is 0 Å². The SMILES string of the molecule is c1ccc(-c2c(-c3ccccc3)c3cc(N(c4cccc(-c5ccc6c(c5)c5ccccc5n6-c5ccccc5)c4)c4ccc5ccccc5c4)ccc3c3ccccc23)cc1. The van der Waals surface area contributed by atoms with E-state index in [0.29, 0.717) is 0 Å². The maximum absolute atomic E-state index is 2.43. The average molecular weight is 789 g/mol. The summed E-state index contributed by atoms with van der Waals surface area (Å²) in [7, 11) is 0. The summed E-state index contributed by atoms with van der Waals surface area (Å²) in [6, 6.07) is 88.6. The highest BCUT2D eigenvalue weighted by Gasteiger charge is 2.21. The van der Waals surface area contributed by atoms with Crippen LogP contribution in [0.1, 0.15) is 0 Å². The minimum Gasteiger partial charge on any atom is -0.310 e. The predicted molar refractivity (Wildman–Crippen MR) is 264 cm³/mol. The molecule has 0 aliphatic heterocycles. The molecular weight excluding hydrogens is 749 g/mol. The van der Waals surface area contributed by atoms with Crippen molar-refractivity contribution in [1.29, 1.82) is 0 Å². The van der Waals surface area contributed by atoms with E-state index in [0.717, 1.165) is 28.3 Å². The minimum absolute atomic E-state index is 1.09. The normalized spacial score (nSPS) is 11.5. The first-order valence-corrected chi connectivity index (χ1v) is 21.3. The van der Waals surface area contributed by atoms with E-state index in [1.165, 1.54) is 81.9 Å². The van der Waals surface area contributed by atoms with E-state index in [-0.39, 0.29) is 0 Å². The molecule has 0 amide bonds. The molecule has 1 aromatic heterocycles. The second kappa shape index (κ2) is 14.8. The van der Waals surface area contributed by atoms with Crippen molar-refractivity contribution in [3.8, 4) is 39.1 Å². The molecule has 0 atom stereocenters. The first kappa shape index (κ1) is 35.7. The first-order valence-electron chi connectivity index (χ1n) is 21.3. The van der Waals surface area contributed by atoms with Crippen molar-refractivity contribution < 1.29 is 0 Å². The third-order valence-corrected chi connectivity index (χ3v) is 12.5. The van der Waals surface area contributed by atoms with Crippen LogP contribution in [0.2, 0.25) is 0 Å². The van der Waals surface area contributed by atoms with Crippen molar-refractivity contribution in [3.05, 3.63) is 243 Å². The standard InChI is InChI=1S/C60H40N2/c1-4-18-42(19-5-1)59-54-29-13-12-27-51(54)52-35-34-50(40-56(52)60(59)43-20-6-2-7-21-43)61(49-33-31-41-17-10-11-22-44(41)37-49)48-26-16-23-45(38-48)46-32-36-58-55(39-46)53-28-14-15-30-57(53)62(58)47-24-8-3-9-25-47/h1-40H. The van der Waals surface area contributed by atoms with Gasteiger partial charge in [0, 0.05) is 33.5 Å². The second-order valence-electron chi connectivity index (χ2n) is 16.1. The van der Waals surface area contributed by atoms with Crippen LogP contribution in [0.25, 0.3) is 93.2 Å². The molecule has 0 spiro atoms. The Bertz CT molecular complexity index is 3620. The minimum atomic E-state index is 1.09. The summed E-state index contributed by atoms with van der Waals surface area (Å²) in [5.74, 6) is 0. The number of fused-ring (bicyclic) bond motifs is 7. The number of hydrogen-bond acceptors (Lipinski definition) is 1. The maximum atomic E-state index is 2.43. The van der Waals surface area contributed by atoms with Crippen molar-refractivity contribution in [1.82, 2.24) is 4.57 Å². The number of hydrogen-bond donors (Lipinski definition) is 0. The molecule has 0 saturated heterocycles. The molecule has 0 aliphatic rings. The summed E-state index contributed by atoms with van der Waals surface area (Å²) in [5, 5.41) is 9.85. The summed E-state index contributed by atoms with van der Waals surface area (Å²) in [6.45, 7) is 0. The van der Waals surface area contributed by atoms with Gasteiger partial charge in [0.05, 0.1) is 11.0 Å². The molecule has 0 saturated carbocycles. The lowest BCUT2D eigenvalue weighted by Crippen LogP contribution is -2.10. The van der Waals surface area contributed by atoms with E-state index in [2.05, 4.69) is 252 Å². The molecule has 0 N–H and O–H groups in total. The van der Waals surface area contributed by atoms with Crippen molar-refractivity contribution in [2.24, 2.45) is 0 Å². The van der Waals surface area contributed by atoms with Crippen LogP contribution in [-0.2, 0) is 0 Å². The Morgan fingerprint density at radius 2 is 0.790 bits per heavy atom. The van der Waals surface area contributed by atoms with Crippen LogP contribution in [0.15, 0.2) is 243 Å². The zero-order valence-corrected chi connectivity index (χ0v) is 34.0. The molecule has 11 aromatic carbocycles. The molecule has 290 valence electrons. The molecule has 0 aliphatic carbocycles. The van der Waals surface area contributed by atoms with Crippen molar-refractivity contribution >= 4 is 71.2 Å². The van der Waals surface area contributed by atoms with Gasteiger partial charge in [-0.2, -0.15) is 0 Å². The Morgan fingerprint density at radius 1 is 0.258 bits per heavy atom. The number of benzene rings is 11. The van der Waals surface area contributed by atoms with Crippen LogP contribution in [0.4, 0.5) is 17.1 Å². The lowest BCUT2D eigenvalue weighted by Gasteiger charge is -2.27. The summed E-state index contributed by atoms with van der Waals surface area (Å²) in [4.78, 5) is 2.43. The molecule has 1 heterocycles. The predicted octanol–water partition coefficient (Wildman–Crippen LogP) is 16.7. The topological polar surface area (TPSA) is 8.17 Å². The summed E-state index contributed by atoms with van der Waals surface area (Å²) < 4.78 is 2.38.